The SMILES string of the molecule is COc1ccc(N2CC(C(=O)NC(C)c3cccc(O)c3)CC2=O)cc1. The first-order chi connectivity index (χ1) is 12.5. The fourth-order valence-corrected chi connectivity index (χ4v) is 3.10. The van der Waals surface area contributed by atoms with Crippen molar-refractivity contribution in [2.24, 2.45) is 5.92 Å². The third-order valence-corrected chi connectivity index (χ3v) is 4.61. The number of rotatable bonds is 5. The Balaban J connectivity index is 1.64. The zero-order valence-corrected chi connectivity index (χ0v) is 14.8. The number of benzene rings is 2. The van der Waals surface area contributed by atoms with Crippen molar-refractivity contribution in [2.75, 3.05) is 18.6 Å². The minimum Gasteiger partial charge on any atom is -0.508 e. The highest BCUT2D eigenvalue weighted by Crippen LogP contribution is 2.27. The Morgan fingerprint density at radius 1 is 1.27 bits per heavy atom. The van der Waals surface area contributed by atoms with Gasteiger partial charge in [0.2, 0.25) is 11.8 Å². The summed E-state index contributed by atoms with van der Waals surface area (Å²) in [6.45, 7) is 2.20. The van der Waals surface area contributed by atoms with Crippen molar-refractivity contribution in [2.45, 2.75) is 19.4 Å². The van der Waals surface area contributed by atoms with Crippen LogP contribution in [0.1, 0.15) is 24.9 Å². The number of aromatic hydroxyl groups is 1. The smallest absolute Gasteiger partial charge is 0.227 e. The van der Waals surface area contributed by atoms with Crippen molar-refractivity contribution >= 4 is 17.5 Å². The van der Waals surface area contributed by atoms with Gasteiger partial charge in [-0.25, -0.2) is 0 Å². The highest BCUT2D eigenvalue weighted by Gasteiger charge is 2.35. The molecule has 2 unspecified atom stereocenters. The summed E-state index contributed by atoms with van der Waals surface area (Å²) in [6, 6.07) is 13.7. The summed E-state index contributed by atoms with van der Waals surface area (Å²) in [5, 5.41) is 12.5. The van der Waals surface area contributed by atoms with E-state index >= 15 is 0 Å². The van der Waals surface area contributed by atoms with Crippen LogP contribution in [-0.4, -0.2) is 30.6 Å². The molecule has 0 bridgehead atoms. The van der Waals surface area contributed by atoms with Gasteiger partial charge in [-0.2, -0.15) is 0 Å². The third-order valence-electron chi connectivity index (χ3n) is 4.61. The molecular weight excluding hydrogens is 332 g/mol. The molecule has 0 aliphatic carbocycles. The molecule has 2 amide bonds. The van der Waals surface area contributed by atoms with E-state index in [-0.39, 0.29) is 30.0 Å². The van der Waals surface area contributed by atoms with E-state index in [1.807, 2.05) is 25.1 Å². The van der Waals surface area contributed by atoms with Crippen LogP contribution in [0.5, 0.6) is 11.5 Å². The van der Waals surface area contributed by atoms with Crippen LogP contribution in [-0.2, 0) is 9.59 Å². The minimum atomic E-state index is -0.399. The van der Waals surface area contributed by atoms with Crippen molar-refractivity contribution in [3.63, 3.8) is 0 Å². The number of anilines is 1. The summed E-state index contributed by atoms with van der Waals surface area (Å²) in [5.41, 5.74) is 1.57. The van der Waals surface area contributed by atoms with E-state index in [1.54, 1.807) is 42.3 Å². The zero-order valence-electron chi connectivity index (χ0n) is 14.8. The van der Waals surface area contributed by atoms with Crippen molar-refractivity contribution < 1.29 is 19.4 Å². The van der Waals surface area contributed by atoms with Gasteiger partial charge in [0.25, 0.3) is 0 Å². The molecule has 2 aromatic carbocycles. The number of phenols is 1. The van der Waals surface area contributed by atoms with Gasteiger partial charge >= 0.3 is 0 Å². The van der Waals surface area contributed by atoms with E-state index in [1.165, 1.54) is 0 Å². The second-order valence-electron chi connectivity index (χ2n) is 6.43. The normalized spacial score (nSPS) is 17.8. The minimum absolute atomic E-state index is 0.0691. The van der Waals surface area contributed by atoms with Crippen LogP contribution in [0.2, 0.25) is 0 Å². The fourth-order valence-electron chi connectivity index (χ4n) is 3.10. The number of nitrogens with zero attached hydrogens (tertiary/aromatic N) is 1. The van der Waals surface area contributed by atoms with E-state index in [4.69, 9.17) is 4.74 Å². The van der Waals surface area contributed by atoms with Crippen molar-refractivity contribution in [1.29, 1.82) is 0 Å². The molecule has 2 atom stereocenters. The molecule has 1 heterocycles. The predicted molar refractivity (Wildman–Crippen MR) is 98.1 cm³/mol. The maximum Gasteiger partial charge on any atom is 0.227 e. The highest BCUT2D eigenvalue weighted by molar-refractivity contribution is 6.00. The largest absolute Gasteiger partial charge is 0.508 e. The van der Waals surface area contributed by atoms with Crippen LogP contribution in [0.3, 0.4) is 0 Å². The van der Waals surface area contributed by atoms with Gasteiger partial charge in [-0.05, 0) is 48.9 Å². The van der Waals surface area contributed by atoms with Gasteiger partial charge in [0, 0.05) is 18.7 Å². The first-order valence-electron chi connectivity index (χ1n) is 8.51. The summed E-state index contributed by atoms with van der Waals surface area (Å²) >= 11 is 0. The fraction of sp³-hybridized carbons (Fsp3) is 0.300. The number of carbonyl (C=O) groups excluding carboxylic acids is 2. The van der Waals surface area contributed by atoms with Crippen molar-refractivity contribution in [1.82, 2.24) is 5.32 Å². The number of nitrogens with one attached hydrogen (secondary N) is 1. The average Bonchev–Trinajstić information content (AvgIpc) is 3.03. The second kappa shape index (κ2) is 7.47. The monoisotopic (exact) mass is 354 g/mol. The topological polar surface area (TPSA) is 78.9 Å². The molecule has 2 aromatic rings. The molecule has 1 saturated heterocycles. The average molecular weight is 354 g/mol. The summed E-state index contributed by atoms with van der Waals surface area (Å²) in [6.07, 6.45) is 0.185. The van der Waals surface area contributed by atoms with Gasteiger partial charge in [0.05, 0.1) is 19.1 Å². The van der Waals surface area contributed by atoms with Crippen LogP contribution in [0.25, 0.3) is 0 Å². The van der Waals surface area contributed by atoms with Gasteiger partial charge < -0.3 is 20.1 Å². The first-order valence-corrected chi connectivity index (χ1v) is 8.51. The van der Waals surface area contributed by atoms with E-state index in [0.29, 0.717) is 6.54 Å². The Morgan fingerprint density at radius 3 is 2.65 bits per heavy atom. The van der Waals surface area contributed by atoms with Crippen molar-refractivity contribution in [3.8, 4) is 11.5 Å². The summed E-state index contributed by atoms with van der Waals surface area (Å²) in [5.74, 6) is 0.245. The summed E-state index contributed by atoms with van der Waals surface area (Å²) in [7, 11) is 1.59. The van der Waals surface area contributed by atoms with Gasteiger partial charge in [0.1, 0.15) is 11.5 Å². The van der Waals surface area contributed by atoms with Gasteiger partial charge in [0.15, 0.2) is 0 Å². The van der Waals surface area contributed by atoms with Crippen LogP contribution >= 0.6 is 0 Å². The summed E-state index contributed by atoms with van der Waals surface area (Å²) < 4.78 is 5.13. The van der Waals surface area contributed by atoms with Crippen LogP contribution in [0, 0.1) is 5.92 Å². The van der Waals surface area contributed by atoms with E-state index in [0.717, 1.165) is 17.0 Å². The van der Waals surface area contributed by atoms with E-state index < -0.39 is 5.92 Å². The number of hydrogen-bond acceptors (Lipinski definition) is 4. The van der Waals surface area contributed by atoms with E-state index in [2.05, 4.69) is 5.32 Å². The van der Waals surface area contributed by atoms with Gasteiger partial charge in [-0.15, -0.1) is 0 Å². The molecule has 6 heteroatoms. The number of ether oxygens (including phenoxy) is 1. The lowest BCUT2D eigenvalue weighted by molar-refractivity contribution is -0.126. The molecule has 1 fully saturated rings. The molecular formula is C20H22N2O4. The Labute approximate surface area is 152 Å². The first kappa shape index (κ1) is 17.8. The summed E-state index contributed by atoms with van der Waals surface area (Å²) in [4.78, 5) is 26.5. The number of hydrogen-bond donors (Lipinski definition) is 2. The van der Waals surface area contributed by atoms with E-state index in [9.17, 15) is 14.7 Å². The Hall–Kier alpha value is -3.02. The second-order valence-corrected chi connectivity index (χ2v) is 6.43. The molecule has 6 nitrogen and oxygen atoms in total. The standard InChI is InChI=1S/C20H22N2O4/c1-13(14-4-3-5-17(23)10-14)21-20(25)15-11-19(24)22(12-15)16-6-8-18(26-2)9-7-16/h3-10,13,15,23H,11-12H2,1-2H3,(H,21,25). The maximum absolute atomic E-state index is 12.6. The lowest BCUT2D eigenvalue weighted by Gasteiger charge is -2.19. The molecule has 0 aromatic heterocycles. The quantitative estimate of drug-likeness (QED) is 0.865. The molecule has 26 heavy (non-hydrogen) atoms. The Morgan fingerprint density at radius 2 is 2.00 bits per heavy atom. The zero-order chi connectivity index (χ0) is 18.7. The lowest BCUT2D eigenvalue weighted by Crippen LogP contribution is -2.34. The molecule has 3 rings (SSSR count). The lowest BCUT2D eigenvalue weighted by atomic mass is 10.0. The van der Waals surface area contributed by atoms with Crippen molar-refractivity contribution in [3.05, 3.63) is 54.1 Å². The van der Waals surface area contributed by atoms with Gasteiger partial charge in [-0.3, -0.25) is 9.59 Å². The molecule has 1 aliphatic rings. The third kappa shape index (κ3) is 3.79. The maximum atomic E-state index is 12.6. The number of phenolic OH excluding ortho intramolecular Hbond substituents is 1. The predicted octanol–water partition coefficient (Wildman–Crippen LogP) is 2.63. The molecule has 0 saturated carbocycles. The molecule has 0 spiro atoms. The number of methoxy groups -OCH3 is 1. The van der Waals surface area contributed by atoms with Crippen LogP contribution < -0.4 is 15.0 Å². The van der Waals surface area contributed by atoms with Gasteiger partial charge in [-0.1, -0.05) is 12.1 Å². The molecule has 2 N–H and O–H groups in total. The molecule has 1 aliphatic heterocycles. The Kier molecular flexibility index (Phi) is 5.11. The highest BCUT2D eigenvalue weighted by atomic mass is 16.5. The number of carbonyl (C=O) groups is 2. The number of amides is 2. The van der Waals surface area contributed by atoms with Crippen LogP contribution in [0.15, 0.2) is 48.5 Å². The van der Waals surface area contributed by atoms with Crippen LogP contribution in [0.4, 0.5) is 5.69 Å². The molecule has 136 valence electrons. The molecule has 0 radical (unpaired) electrons. The Bertz CT molecular complexity index is 804.